The van der Waals surface area contributed by atoms with Gasteiger partial charge in [-0.15, -0.1) is 0 Å². The molecule has 5 nitrogen and oxygen atoms in total. The first kappa shape index (κ1) is 16.8. The number of amides is 1. The number of benzene rings is 1. The second-order valence-electron chi connectivity index (χ2n) is 8.34. The number of nitrogens with one attached hydrogen (secondary N) is 1. The summed E-state index contributed by atoms with van der Waals surface area (Å²) in [6.45, 7) is 0.798. The van der Waals surface area contributed by atoms with Crippen molar-refractivity contribution in [2.24, 2.45) is 0 Å². The summed E-state index contributed by atoms with van der Waals surface area (Å²) in [4.78, 5) is 24.1. The monoisotopic (exact) mass is 365 g/mol. The molecule has 0 saturated heterocycles. The molecule has 1 aromatic carbocycles. The van der Waals surface area contributed by atoms with Crippen LogP contribution in [0, 0.1) is 0 Å². The Hall–Kier alpha value is -2.30. The number of H-pyrrole nitrogens is 1. The maximum absolute atomic E-state index is 13.9. The van der Waals surface area contributed by atoms with Crippen molar-refractivity contribution in [1.29, 1.82) is 0 Å². The van der Waals surface area contributed by atoms with E-state index in [9.17, 15) is 4.79 Å². The molecule has 2 heterocycles. The zero-order chi connectivity index (χ0) is 18.5. The number of fused-ring (bicyclic) bond motifs is 2. The van der Waals surface area contributed by atoms with Gasteiger partial charge in [-0.1, -0.05) is 31.4 Å². The highest BCUT2D eigenvalue weighted by Gasteiger charge is 2.58. The van der Waals surface area contributed by atoms with E-state index in [1.807, 2.05) is 18.5 Å². The summed E-state index contributed by atoms with van der Waals surface area (Å²) in [5.74, 6) is 1.15. The molecule has 2 fully saturated rings. The molecule has 3 aliphatic rings. The Morgan fingerprint density at radius 3 is 2.52 bits per heavy atom. The standard InChI is InChI=1S/C22H27N3O2/c1-27-17-7-5-16(6-8-17)21(12-13-21)20(26)25-14-9-18-19(24-15-23-18)22(25)10-3-2-4-11-22/h5-8,15H,2-4,9-14H2,1H3,(H,23,24). The van der Waals surface area contributed by atoms with E-state index in [1.165, 1.54) is 25.0 Å². The highest BCUT2D eigenvalue weighted by Crippen LogP contribution is 2.54. The van der Waals surface area contributed by atoms with Gasteiger partial charge in [0.1, 0.15) is 5.75 Å². The van der Waals surface area contributed by atoms with E-state index >= 15 is 0 Å². The van der Waals surface area contributed by atoms with Gasteiger partial charge in [-0.05, 0) is 43.4 Å². The number of carbonyl (C=O) groups is 1. The van der Waals surface area contributed by atoms with E-state index in [1.54, 1.807) is 7.11 Å². The molecule has 27 heavy (non-hydrogen) atoms. The normalized spacial score (nSPS) is 22.3. The van der Waals surface area contributed by atoms with E-state index in [4.69, 9.17) is 9.72 Å². The Labute approximate surface area is 160 Å². The maximum atomic E-state index is 13.9. The van der Waals surface area contributed by atoms with E-state index in [2.05, 4.69) is 22.0 Å². The second kappa shape index (κ2) is 6.11. The molecule has 0 radical (unpaired) electrons. The third kappa shape index (κ3) is 2.43. The fraction of sp³-hybridized carbons (Fsp3) is 0.545. The van der Waals surface area contributed by atoms with Crippen LogP contribution in [0.25, 0.3) is 0 Å². The lowest BCUT2D eigenvalue weighted by molar-refractivity contribution is -0.144. The Bertz CT molecular complexity index is 845. The first-order valence-corrected chi connectivity index (χ1v) is 10.2. The molecule has 1 spiro atoms. The summed E-state index contributed by atoms with van der Waals surface area (Å²) in [5.41, 5.74) is 2.95. The second-order valence-corrected chi connectivity index (χ2v) is 8.34. The fourth-order valence-corrected chi connectivity index (χ4v) is 5.34. The Kier molecular flexibility index (Phi) is 3.81. The molecular weight excluding hydrogens is 338 g/mol. The summed E-state index contributed by atoms with van der Waals surface area (Å²) in [6.07, 6.45) is 10.2. The summed E-state index contributed by atoms with van der Waals surface area (Å²) >= 11 is 0. The van der Waals surface area contributed by atoms with Crippen LogP contribution in [0.1, 0.15) is 61.9 Å². The highest BCUT2D eigenvalue weighted by atomic mass is 16.5. The van der Waals surface area contributed by atoms with Crippen LogP contribution >= 0.6 is 0 Å². The van der Waals surface area contributed by atoms with Gasteiger partial charge in [0.05, 0.1) is 30.1 Å². The zero-order valence-electron chi connectivity index (χ0n) is 16.0. The van der Waals surface area contributed by atoms with Crippen molar-refractivity contribution >= 4 is 5.91 Å². The predicted octanol–water partition coefficient (Wildman–Crippen LogP) is 3.69. The lowest BCUT2D eigenvalue weighted by Crippen LogP contribution is -2.57. The van der Waals surface area contributed by atoms with Crippen molar-refractivity contribution in [3.63, 3.8) is 0 Å². The van der Waals surface area contributed by atoms with Gasteiger partial charge in [-0.2, -0.15) is 0 Å². The minimum Gasteiger partial charge on any atom is -0.497 e. The van der Waals surface area contributed by atoms with Gasteiger partial charge in [0, 0.05) is 18.7 Å². The molecule has 2 saturated carbocycles. The molecule has 0 unspecified atom stereocenters. The summed E-state index contributed by atoms with van der Waals surface area (Å²) < 4.78 is 5.29. The highest BCUT2D eigenvalue weighted by molar-refractivity contribution is 5.92. The average molecular weight is 365 g/mol. The molecule has 2 aliphatic carbocycles. The average Bonchev–Trinajstić information content (AvgIpc) is 3.39. The SMILES string of the molecule is COc1ccc(C2(C(=O)N3CCc4[nH]cnc4C34CCCCC4)CC2)cc1. The third-order valence-corrected chi connectivity index (χ3v) is 6.99. The van der Waals surface area contributed by atoms with Gasteiger partial charge in [0.25, 0.3) is 0 Å². The molecule has 0 atom stereocenters. The number of hydrogen-bond acceptors (Lipinski definition) is 3. The van der Waals surface area contributed by atoms with Gasteiger partial charge in [-0.3, -0.25) is 4.79 Å². The summed E-state index contributed by atoms with van der Waals surface area (Å²) in [5, 5.41) is 0. The van der Waals surface area contributed by atoms with Crippen LogP contribution in [-0.4, -0.2) is 34.4 Å². The number of rotatable bonds is 3. The first-order chi connectivity index (χ1) is 13.2. The van der Waals surface area contributed by atoms with Crippen molar-refractivity contribution in [3.8, 4) is 5.75 Å². The van der Waals surface area contributed by atoms with E-state index in [0.29, 0.717) is 5.91 Å². The number of aromatic nitrogens is 2. The number of hydrogen-bond donors (Lipinski definition) is 1. The van der Waals surface area contributed by atoms with Gasteiger partial charge < -0.3 is 14.6 Å². The topological polar surface area (TPSA) is 58.2 Å². The quantitative estimate of drug-likeness (QED) is 0.902. The molecule has 1 N–H and O–H groups in total. The van der Waals surface area contributed by atoms with Crippen LogP contribution in [0.4, 0.5) is 0 Å². The summed E-state index contributed by atoms with van der Waals surface area (Å²) in [6, 6.07) is 8.09. The fourth-order valence-electron chi connectivity index (χ4n) is 5.34. The molecule has 5 rings (SSSR count). The third-order valence-electron chi connectivity index (χ3n) is 6.99. The van der Waals surface area contributed by atoms with Crippen molar-refractivity contribution < 1.29 is 9.53 Å². The van der Waals surface area contributed by atoms with Crippen LogP contribution in [0.3, 0.4) is 0 Å². The number of nitrogens with zero attached hydrogens (tertiary/aromatic N) is 2. The van der Waals surface area contributed by atoms with Crippen molar-refractivity contribution in [3.05, 3.63) is 47.5 Å². The Balaban J connectivity index is 1.52. The zero-order valence-corrected chi connectivity index (χ0v) is 16.0. The number of imidazole rings is 1. The number of ether oxygens (including phenoxy) is 1. The minimum absolute atomic E-state index is 0.203. The van der Waals surface area contributed by atoms with Crippen LogP contribution in [0.15, 0.2) is 30.6 Å². The van der Waals surface area contributed by atoms with Crippen molar-refractivity contribution in [2.75, 3.05) is 13.7 Å². The first-order valence-electron chi connectivity index (χ1n) is 10.2. The van der Waals surface area contributed by atoms with Gasteiger partial charge in [-0.25, -0.2) is 4.98 Å². The van der Waals surface area contributed by atoms with E-state index < -0.39 is 0 Å². The van der Waals surface area contributed by atoms with Gasteiger partial charge >= 0.3 is 0 Å². The van der Waals surface area contributed by atoms with Crippen LogP contribution in [-0.2, 0) is 22.2 Å². The molecule has 2 aromatic rings. The van der Waals surface area contributed by atoms with Crippen molar-refractivity contribution in [2.45, 2.75) is 62.3 Å². The van der Waals surface area contributed by atoms with Crippen molar-refractivity contribution in [1.82, 2.24) is 14.9 Å². The largest absolute Gasteiger partial charge is 0.497 e. The van der Waals surface area contributed by atoms with Gasteiger partial charge in [0.15, 0.2) is 0 Å². The number of carbonyl (C=O) groups excluding carboxylic acids is 1. The molecule has 1 aliphatic heterocycles. The maximum Gasteiger partial charge on any atom is 0.234 e. The minimum atomic E-state index is -0.343. The number of aromatic amines is 1. The smallest absolute Gasteiger partial charge is 0.234 e. The van der Waals surface area contributed by atoms with Gasteiger partial charge in [0.2, 0.25) is 5.91 Å². The number of methoxy groups -OCH3 is 1. The molecular formula is C22H27N3O2. The summed E-state index contributed by atoms with van der Waals surface area (Å²) in [7, 11) is 1.68. The lowest BCUT2D eigenvalue weighted by Gasteiger charge is -2.49. The molecule has 1 aromatic heterocycles. The van der Waals surface area contributed by atoms with Crippen LogP contribution in [0.2, 0.25) is 0 Å². The van der Waals surface area contributed by atoms with E-state index in [-0.39, 0.29) is 11.0 Å². The Morgan fingerprint density at radius 2 is 1.85 bits per heavy atom. The molecule has 5 heteroatoms. The Morgan fingerprint density at radius 1 is 1.11 bits per heavy atom. The lowest BCUT2D eigenvalue weighted by atomic mass is 9.74. The molecule has 0 bridgehead atoms. The molecule has 142 valence electrons. The van der Waals surface area contributed by atoms with Crippen LogP contribution < -0.4 is 4.74 Å². The predicted molar refractivity (Wildman–Crippen MR) is 103 cm³/mol. The molecule has 1 amide bonds. The van der Waals surface area contributed by atoms with Crippen LogP contribution in [0.5, 0.6) is 5.75 Å². The van der Waals surface area contributed by atoms with E-state index in [0.717, 1.165) is 55.7 Å².